The summed E-state index contributed by atoms with van der Waals surface area (Å²) in [5.74, 6) is 0. The molecule has 0 saturated carbocycles. The molecule has 0 heterocycles. The van der Waals surface area contributed by atoms with Crippen molar-refractivity contribution in [1.82, 2.24) is 0 Å². The van der Waals surface area contributed by atoms with Crippen LogP contribution >= 0.6 is 0 Å². The van der Waals surface area contributed by atoms with E-state index in [9.17, 15) is 22.0 Å². The van der Waals surface area contributed by atoms with E-state index in [-0.39, 0.29) is 5.56 Å². The lowest BCUT2D eigenvalue weighted by atomic mass is 10.1. The third kappa shape index (κ3) is 5.94. The highest BCUT2D eigenvalue weighted by atomic mass is 19.4. The number of alkyl halides is 5. The molecule has 21 heavy (non-hydrogen) atoms. The van der Waals surface area contributed by atoms with Gasteiger partial charge in [-0.2, -0.15) is 13.2 Å². The number of hydrogen-bond donors (Lipinski definition) is 0. The van der Waals surface area contributed by atoms with Gasteiger partial charge in [0.05, 0.1) is 5.56 Å². The molecule has 0 N–H and O–H groups in total. The zero-order valence-corrected chi connectivity index (χ0v) is 11.6. The second-order valence-corrected chi connectivity index (χ2v) is 4.58. The number of aryl methyl sites for hydroxylation is 2. The Morgan fingerprint density at radius 2 is 1.33 bits per heavy atom. The van der Waals surface area contributed by atoms with Gasteiger partial charge in [0.25, 0.3) is 6.43 Å². The third-order valence-electron chi connectivity index (χ3n) is 2.64. The van der Waals surface area contributed by atoms with Crippen LogP contribution in [0, 0.1) is 13.8 Å². The van der Waals surface area contributed by atoms with E-state index in [1.165, 1.54) is 18.2 Å². The molecular weight excluding hydrogens is 287 g/mol. The molecule has 0 spiro atoms. The molecule has 0 aliphatic rings. The summed E-state index contributed by atoms with van der Waals surface area (Å²) < 4.78 is 59.8. The fourth-order valence-electron chi connectivity index (χ4n) is 1.63. The lowest BCUT2D eigenvalue weighted by molar-refractivity contribution is -0.137. The molecule has 0 aliphatic heterocycles. The van der Waals surface area contributed by atoms with Crippen LogP contribution in [0.1, 0.15) is 28.7 Å². The standard InChI is InChI=1S/C8H7F3.C8H8F2/c1-6-3-2-4-7(5-6)8(9,10)11;1-6-3-2-4-7(5-6)8(9)10/h2-5H,1H3;2-5,8H,1H3. The number of benzene rings is 2. The van der Waals surface area contributed by atoms with Gasteiger partial charge in [-0.25, -0.2) is 8.78 Å². The minimum atomic E-state index is -4.22. The van der Waals surface area contributed by atoms with Crippen LogP contribution in [-0.4, -0.2) is 0 Å². The summed E-state index contributed by atoms with van der Waals surface area (Å²) in [6, 6.07) is 11.6. The summed E-state index contributed by atoms with van der Waals surface area (Å²) in [6.07, 6.45) is -6.56. The Balaban J connectivity index is 0.000000211. The quantitative estimate of drug-likeness (QED) is 0.571. The summed E-state index contributed by atoms with van der Waals surface area (Å²) in [7, 11) is 0. The van der Waals surface area contributed by atoms with Crippen LogP contribution in [0.25, 0.3) is 0 Å². The minimum Gasteiger partial charge on any atom is -0.205 e. The topological polar surface area (TPSA) is 0 Å². The summed E-state index contributed by atoms with van der Waals surface area (Å²) in [5.41, 5.74) is 1.01. The monoisotopic (exact) mass is 302 g/mol. The first kappa shape index (κ1) is 17.1. The van der Waals surface area contributed by atoms with Crippen molar-refractivity contribution < 1.29 is 22.0 Å². The smallest absolute Gasteiger partial charge is 0.205 e. The van der Waals surface area contributed by atoms with Gasteiger partial charge in [-0.3, -0.25) is 0 Å². The molecule has 0 aromatic heterocycles. The first-order valence-corrected chi connectivity index (χ1v) is 6.18. The maximum absolute atomic E-state index is 12.0. The number of rotatable bonds is 1. The van der Waals surface area contributed by atoms with Crippen LogP contribution in [0.15, 0.2) is 48.5 Å². The minimum absolute atomic E-state index is 0.0972. The maximum Gasteiger partial charge on any atom is 0.416 e. The molecule has 2 aromatic rings. The average Bonchev–Trinajstić information content (AvgIpc) is 2.38. The molecule has 114 valence electrons. The van der Waals surface area contributed by atoms with Crippen molar-refractivity contribution >= 4 is 0 Å². The molecule has 0 aliphatic carbocycles. The molecule has 0 nitrogen and oxygen atoms in total. The second-order valence-electron chi connectivity index (χ2n) is 4.58. The van der Waals surface area contributed by atoms with Crippen LogP contribution in [0.5, 0.6) is 0 Å². The van der Waals surface area contributed by atoms with Crippen LogP contribution < -0.4 is 0 Å². The van der Waals surface area contributed by atoms with E-state index in [1.807, 2.05) is 0 Å². The zero-order chi connectivity index (χ0) is 16.0. The van der Waals surface area contributed by atoms with Gasteiger partial charge in [0.2, 0.25) is 0 Å². The lowest BCUT2D eigenvalue weighted by Crippen LogP contribution is -2.04. The molecule has 0 saturated heterocycles. The highest BCUT2D eigenvalue weighted by Gasteiger charge is 2.29. The van der Waals surface area contributed by atoms with Crippen molar-refractivity contribution in [2.45, 2.75) is 26.4 Å². The molecule has 0 fully saturated rings. The van der Waals surface area contributed by atoms with E-state index in [0.29, 0.717) is 5.56 Å². The molecule has 2 aromatic carbocycles. The van der Waals surface area contributed by atoms with Crippen molar-refractivity contribution in [2.75, 3.05) is 0 Å². The van der Waals surface area contributed by atoms with Crippen LogP contribution in [-0.2, 0) is 6.18 Å². The van der Waals surface area contributed by atoms with Crippen molar-refractivity contribution in [3.05, 3.63) is 70.8 Å². The molecule has 0 amide bonds. The normalized spacial score (nSPS) is 11.0. The van der Waals surface area contributed by atoms with E-state index >= 15 is 0 Å². The fraction of sp³-hybridized carbons (Fsp3) is 0.250. The molecule has 0 unspecified atom stereocenters. The van der Waals surface area contributed by atoms with Crippen LogP contribution in [0.3, 0.4) is 0 Å². The Hall–Kier alpha value is -1.91. The highest BCUT2D eigenvalue weighted by molar-refractivity contribution is 5.24. The molecule has 0 bridgehead atoms. The van der Waals surface area contributed by atoms with Gasteiger partial charge in [0.15, 0.2) is 0 Å². The Labute approximate surface area is 120 Å². The van der Waals surface area contributed by atoms with E-state index in [1.54, 1.807) is 32.0 Å². The predicted molar refractivity (Wildman–Crippen MR) is 72.3 cm³/mol. The van der Waals surface area contributed by atoms with Crippen molar-refractivity contribution in [2.24, 2.45) is 0 Å². The Bertz CT molecular complexity index is 573. The average molecular weight is 302 g/mol. The molecule has 0 atom stereocenters. The summed E-state index contributed by atoms with van der Waals surface area (Å²) in [5, 5.41) is 0. The second kappa shape index (κ2) is 7.20. The van der Waals surface area contributed by atoms with E-state index in [0.717, 1.165) is 17.7 Å². The van der Waals surface area contributed by atoms with Crippen LogP contribution in [0.4, 0.5) is 22.0 Å². The maximum atomic E-state index is 12.0. The Morgan fingerprint density at radius 3 is 1.67 bits per heavy atom. The van der Waals surface area contributed by atoms with E-state index in [2.05, 4.69) is 0 Å². The van der Waals surface area contributed by atoms with Crippen molar-refractivity contribution in [1.29, 1.82) is 0 Å². The van der Waals surface area contributed by atoms with Gasteiger partial charge in [-0.15, -0.1) is 0 Å². The summed E-state index contributed by atoms with van der Waals surface area (Å²) >= 11 is 0. The van der Waals surface area contributed by atoms with Gasteiger partial charge < -0.3 is 0 Å². The molecule has 5 heteroatoms. The van der Waals surface area contributed by atoms with Gasteiger partial charge in [-0.1, -0.05) is 53.6 Å². The van der Waals surface area contributed by atoms with Crippen LogP contribution in [0.2, 0.25) is 0 Å². The predicted octanol–water partition coefficient (Wildman–Crippen LogP) is 5.95. The lowest BCUT2D eigenvalue weighted by Gasteiger charge is -2.05. The Kier molecular flexibility index (Phi) is 5.88. The summed E-state index contributed by atoms with van der Waals surface area (Å²) in [4.78, 5) is 0. The number of hydrogen-bond acceptors (Lipinski definition) is 0. The van der Waals surface area contributed by atoms with Crippen molar-refractivity contribution in [3.8, 4) is 0 Å². The Morgan fingerprint density at radius 1 is 0.810 bits per heavy atom. The first-order chi connectivity index (χ1) is 9.70. The van der Waals surface area contributed by atoms with Gasteiger partial charge in [0, 0.05) is 5.56 Å². The first-order valence-electron chi connectivity index (χ1n) is 6.18. The van der Waals surface area contributed by atoms with Gasteiger partial charge >= 0.3 is 6.18 Å². The summed E-state index contributed by atoms with van der Waals surface area (Å²) in [6.45, 7) is 3.43. The zero-order valence-electron chi connectivity index (χ0n) is 11.6. The van der Waals surface area contributed by atoms with E-state index in [4.69, 9.17) is 0 Å². The van der Waals surface area contributed by atoms with E-state index < -0.39 is 18.2 Å². The molecule has 2 rings (SSSR count). The fourth-order valence-corrected chi connectivity index (χ4v) is 1.63. The molecular formula is C16H15F5. The SMILES string of the molecule is Cc1cccc(C(F)(F)F)c1.Cc1cccc(C(F)F)c1. The largest absolute Gasteiger partial charge is 0.416 e. The molecule has 0 radical (unpaired) electrons. The van der Waals surface area contributed by atoms with Gasteiger partial charge in [0.1, 0.15) is 0 Å². The van der Waals surface area contributed by atoms with Crippen molar-refractivity contribution in [3.63, 3.8) is 0 Å². The van der Waals surface area contributed by atoms with Gasteiger partial charge in [-0.05, 0) is 19.9 Å². The third-order valence-corrected chi connectivity index (χ3v) is 2.64. The number of halogens is 5. The highest BCUT2D eigenvalue weighted by Crippen LogP contribution is 2.29.